The number of aromatic nitrogens is 4. The maximum absolute atomic E-state index is 12.4. The highest BCUT2D eigenvalue weighted by molar-refractivity contribution is 7.99. The van der Waals surface area contributed by atoms with Gasteiger partial charge in [0.2, 0.25) is 0 Å². The summed E-state index contributed by atoms with van der Waals surface area (Å²) in [4.78, 5) is 17.9. The van der Waals surface area contributed by atoms with E-state index in [1.165, 1.54) is 15.4 Å². The first kappa shape index (κ1) is 14.7. The minimum Gasteiger partial charge on any atom is -0.246 e. The molecule has 0 atom stereocenters. The predicted molar refractivity (Wildman–Crippen MR) is 93.4 cm³/mol. The van der Waals surface area contributed by atoms with Gasteiger partial charge in [-0.1, -0.05) is 60.3 Å². The number of benzene rings is 2. The number of hydrogen-bond donors (Lipinski definition) is 0. The highest BCUT2D eigenvalue weighted by atomic mass is 32.2. The minimum absolute atomic E-state index is 0.183. The van der Waals surface area contributed by atoms with Crippen LogP contribution in [0.25, 0.3) is 5.65 Å². The summed E-state index contributed by atoms with van der Waals surface area (Å²) in [5.74, 6) is 0. The lowest BCUT2D eigenvalue weighted by Gasteiger charge is -1.99. The normalized spacial score (nSPS) is 11.0. The first-order chi connectivity index (χ1) is 11.8. The number of nitrogens with zero attached hydrogens (tertiary/aromatic N) is 4. The van der Waals surface area contributed by atoms with E-state index >= 15 is 0 Å². The molecular weight excluding hydrogens is 320 g/mol. The summed E-state index contributed by atoms with van der Waals surface area (Å²) < 4.78 is 2.93. The van der Waals surface area contributed by atoms with Gasteiger partial charge in [-0.3, -0.25) is 0 Å². The van der Waals surface area contributed by atoms with Crippen molar-refractivity contribution in [1.82, 2.24) is 19.2 Å². The summed E-state index contributed by atoms with van der Waals surface area (Å²) in [6.45, 7) is 0.447. The summed E-state index contributed by atoms with van der Waals surface area (Å²) in [6.07, 6.45) is 1.54. The Labute approximate surface area is 142 Å². The molecule has 4 rings (SSSR count). The van der Waals surface area contributed by atoms with E-state index in [4.69, 9.17) is 0 Å². The molecule has 0 spiro atoms. The zero-order valence-electron chi connectivity index (χ0n) is 12.7. The molecule has 0 radical (unpaired) electrons. The molecule has 0 saturated heterocycles. The quantitative estimate of drug-likeness (QED) is 0.538. The average molecular weight is 334 g/mol. The summed E-state index contributed by atoms with van der Waals surface area (Å²) in [5, 5.41) is 5.23. The van der Waals surface area contributed by atoms with Crippen LogP contribution in [0.4, 0.5) is 0 Å². The van der Waals surface area contributed by atoms with Gasteiger partial charge in [0.15, 0.2) is 5.65 Å². The molecule has 0 amide bonds. The zero-order chi connectivity index (χ0) is 16.4. The van der Waals surface area contributed by atoms with E-state index in [1.807, 2.05) is 66.7 Å². The van der Waals surface area contributed by atoms with Crippen LogP contribution >= 0.6 is 11.8 Å². The molecule has 4 aromatic rings. The third-order valence-corrected chi connectivity index (χ3v) is 4.53. The van der Waals surface area contributed by atoms with E-state index in [2.05, 4.69) is 10.1 Å². The fourth-order valence-electron chi connectivity index (χ4n) is 2.43. The molecule has 0 aliphatic carbocycles. The molecule has 0 bridgehead atoms. The van der Waals surface area contributed by atoms with Crippen molar-refractivity contribution in [2.75, 3.05) is 0 Å². The molecule has 2 aromatic heterocycles. The highest BCUT2D eigenvalue weighted by Crippen LogP contribution is 2.25. The Balaban J connectivity index is 1.66. The standard InChI is InChI=1S/C18H14N4OS/c23-18-21-13-19-17(24-15-9-5-2-6-10-15)11-16(21)20-22(18)12-14-7-3-1-4-8-14/h1-11,13H,12H2. The maximum Gasteiger partial charge on any atom is 0.351 e. The largest absolute Gasteiger partial charge is 0.351 e. The Kier molecular flexibility index (Phi) is 3.88. The van der Waals surface area contributed by atoms with Crippen molar-refractivity contribution in [2.24, 2.45) is 0 Å². The molecule has 0 unspecified atom stereocenters. The molecule has 0 N–H and O–H groups in total. The Morgan fingerprint density at radius 1 is 0.958 bits per heavy atom. The van der Waals surface area contributed by atoms with Gasteiger partial charge in [-0.05, 0) is 17.7 Å². The predicted octanol–water partition coefficient (Wildman–Crippen LogP) is 3.09. The SMILES string of the molecule is O=c1n(Cc2ccccc2)nc2cc(Sc3ccccc3)ncn12. The molecule has 118 valence electrons. The van der Waals surface area contributed by atoms with Gasteiger partial charge in [0.1, 0.15) is 11.4 Å². The second-order valence-electron chi connectivity index (χ2n) is 5.30. The first-order valence-electron chi connectivity index (χ1n) is 7.52. The average Bonchev–Trinajstić information content (AvgIpc) is 2.92. The molecule has 0 aliphatic rings. The van der Waals surface area contributed by atoms with Crippen LogP contribution in [0, 0.1) is 0 Å². The summed E-state index contributed by atoms with van der Waals surface area (Å²) in [7, 11) is 0. The first-order valence-corrected chi connectivity index (χ1v) is 8.33. The van der Waals surface area contributed by atoms with E-state index in [1.54, 1.807) is 11.8 Å². The van der Waals surface area contributed by atoms with Crippen LogP contribution in [-0.2, 0) is 6.54 Å². The van der Waals surface area contributed by atoms with Gasteiger partial charge in [-0.25, -0.2) is 18.9 Å². The zero-order valence-corrected chi connectivity index (χ0v) is 13.6. The van der Waals surface area contributed by atoms with Crippen LogP contribution in [-0.4, -0.2) is 19.2 Å². The molecule has 6 heteroatoms. The van der Waals surface area contributed by atoms with Crippen LogP contribution in [0.3, 0.4) is 0 Å². The number of rotatable bonds is 4. The molecule has 0 saturated carbocycles. The van der Waals surface area contributed by atoms with Gasteiger partial charge in [0, 0.05) is 11.0 Å². The smallest absolute Gasteiger partial charge is 0.246 e. The number of fused-ring (bicyclic) bond motifs is 1. The van der Waals surface area contributed by atoms with Gasteiger partial charge in [0.05, 0.1) is 6.54 Å². The number of hydrogen-bond acceptors (Lipinski definition) is 4. The molecular formula is C18H14N4OS. The van der Waals surface area contributed by atoms with Gasteiger partial charge < -0.3 is 0 Å². The van der Waals surface area contributed by atoms with Crippen molar-refractivity contribution in [3.8, 4) is 0 Å². The lowest BCUT2D eigenvalue weighted by atomic mass is 10.2. The van der Waals surface area contributed by atoms with E-state index in [-0.39, 0.29) is 5.69 Å². The molecule has 2 heterocycles. The third-order valence-electron chi connectivity index (χ3n) is 3.59. The molecule has 0 aliphatic heterocycles. The molecule has 5 nitrogen and oxygen atoms in total. The van der Waals surface area contributed by atoms with Gasteiger partial charge in [0.25, 0.3) is 0 Å². The van der Waals surface area contributed by atoms with Crippen LogP contribution in [0.5, 0.6) is 0 Å². The molecule has 24 heavy (non-hydrogen) atoms. The van der Waals surface area contributed by atoms with Crippen molar-refractivity contribution in [2.45, 2.75) is 16.5 Å². The van der Waals surface area contributed by atoms with Crippen LogP contribution < -0.4 is 5.69 Å². The minimum atomic E-state index is -0.183. The third kappa shape index (κ3) is 2.96. The maximum atomic E-state index is 12.4. The Bertz CT molecular complexity index is 1030. The molecule has 2 aromatic carbocycles. The lowest BCUT2D eigenvalue weighted by molar-refractivity contribution is 0.658. The Hall–Kier alpha value is -2.86. The van der Waals surface area contributed by atoms with E-state index in [9.17, 15) is 4.79 Å². The second-order valence-corrected chi connectivity index (χ2v) is 6.39. The van der Waals surface area contributed by atoms with E-state index < -0.39 is 0 Å². The van der Waals surface area contributed by atoms with Crippen LogP contribution in [0.1, 0.15) is 5.56 Å². The van der Waals surface area contributed by atoms with Crippen LogP contribution in [0.2, 0.25) is 0 Å². The summed E-state index contributed by atoms with van der Waals surface area (Å²) in [6, 6.07) is 21.6. The van der Waals surface area contributed by atoms with Crippen molar-refractivity contribution >= 4 is 17.4 Å². The molecule has 0 fully saturated rings. The van der Waals surface area contributed by atoms with Gasteiger partial charge in [-0.15, -0.1) is 5.10 Å². The van der Waals surface area contributed by atoms with E-state index in [0.717, 1.165) is 15.5 Å². The van der Waals surface area contributed by atoms with Crippen molar-refractivity contribution in [3.63, 3.8) is 0 Å². The van der Waals surface area contributed by atoms with Gasteiger partial charge in [-0.2, -0.15) is 0 Å². The highest BCUT2D eigenvalue weighted by Gasteiger charge is 2.09. The lowest BCUT2D eigenvalue weighted by Crippen LogP contribution is -2.21. The Morgan fingerprint density at radius 3 is 2.42 bits per heavy atom. The van der Waals surface area contributed by atoms with Crippen molar-refractivity contribution < 1.29 is 0 Å². The summed E-state index contributed by atoms with van der Waals surface area (Å²) >= 11 is 1.55. The van der Waals surface area contributed by atoms with Gasteiger partial charge >= 0.3 is 5.69 Å². The monoisotopic (exact) mass is 334 g/mol. The topological polar surface area (TPSA) is 52.2 Å². The van der Waals surface area contributed by atoms with Crippen molar-refractivity contribution in [1.29, 1.82) is 0 Å². The fraction of sp³-hybridized carbons (Fsp3) is 0.0556. The fourth-order valence-corrected chi connectivity index (χ4v) is 3.23. The van der Waals surface area contributed by atoms with E-state index in [0.29, 0.717) is 12.2 Å². The second kappa shape index (κ2) is 6.33. The Morgan fingerprint density at radius 2 is 1.67 bits per heavy atom. The van der Waals surface area contributed by atoms with Crippen molar-refractivity contribution in [3.05, 3.63) is 89.1 Å². The summed E-state index contributed by atoms with van der Waals surface area (Å²) in [5.41, 5.74) is 1.46. The van der Waals surface area contributed by atoms with Crippen LogP contribution in [0.15, 0.2) is 87.8 Å².